The van der Waals surface area contributed by atoms with Crippen LogP contribution in [0, 0.1) is 0 Å². The van der Waals surface area contributed by atoms with Crippen molar-refractivity contribution in [2.24, 2.45) is 4.99 Å². The molecule has 0 amide bonds. The van der Waals surface area contributed by atoms with Crippen LogP contribution in [0.5, 0.6) is 17.4 Å². The van der Waals surface area contributed by atoms with Crippen LogP contribution in [0.1, 0.15) is 12.0 Å². The second-order valence-electron chi connectivity index (χ2n) is 6.17. The zero-order chi connectivity index (χ0) is 20.7. The Morgan fingerprint density at radius 2 is 1.97 bits per heavy atom. The first-order valence-electron chi connectivity index (χ1n) is 8.95. The average Bonchev–Trinajstić information content (AvgIpc) is 2.94. The number of aliphatic imine (C=N–C) groups is 1. The monoisotopic (exact) mass is 410 g/mol. The molecule has 2 heterocycles. The van der Waals surface area contributed by atoms with E-state index in [-0.39, 0.29) is 5.88 Å². The maximum absolute atomic E-state index is 12.2. The zero-order valence-electron chi connectivity index (χ0n) is 15.8. The van der Waals surface area contributed by atoms with Crippen LogP contribution in [0.3, 0.4) is 0 Å². The number of nitrogens with zero attached hydrogens (tertiary/aromatic N) is 2. The molecule has 3 rings (SSSR count). The lowest BCUT2D eigenvalue weighted by Crippen LogP contribution is -2.30. The number of fused-ring (bicyclic) bond motifs is 1. The van der Waals surface area contributed by atoms with Gasteiger partial charge < -0.3 is 24.8 Å². The van der Waals surface area contributed by atoms with Gasteiger partial charge in [0.2, 0.25) is 5.88 Å². The summed E-state index contributed by atoms with van der Waals surface area (Å²) in [5, 5.41) is 6.26. The molecular formula is C19H21F3N4O3. The molecule has 0 aliphatic carbocycles. The third-order valence-corrected chi connectivity index (χ3v) is 3.88. The molecule has 0 radical (unpaired) electrons. The van der Waals surface area contributed by atoms with Crippen molar-refractivity contribution in [2.45, 2.75) is 19.1 Å². The van der Waals surface area contributed by atoms with Crippen molar-refractivity contribution in [1.29, 1.82) is 0 Å². The predicted octanol–water partition coefficient (Wildman–Crippen LogP) is 3.37. The number of hydrogen-bond donors (Lipinski definition) is 2. The Morgan fingerprint density at radius 3 is 2.66 bits per heavy atom. The fraction of sp³-hybridized carbons (Fsp3) is 0.368. The van der Waals surface area contributed by atoms with E-state index in [1.54, 1.807) is 13.1 Å². The van der Waals surface area contributed by atoms with Crippen LogP contribution in [0.25, 0.3) is 0 Å². The minimum absolute atomic E-state index is 0.0826. The first-order valence-corrected chi connectivity index (χ1v) is 8.95. The molecule has 2 N–H and O–H groups in total. The highest BCUT2D eigenvalue weighted by Gasteiger charge is 2.28. The summed E-state index contributed by atoms with van der Waals surface area (Å²) in [6, 6.07) is 8.55. The van der Waals surface area contributed by atoms with Crippen LogP contribution in [0.4, 0.5) is 18.9 Å². The van der Waals surface area contributed by atoms with Crippen LogP contribution in [0.15, 0.2) is 41.5 Å². The summed E-state index contributed by atoms with van der Waals surface area (Å²) < 4.78 is 52.4. The highest BCUT2D eigenvalue weighted by atomic mass is 19.4. The lowest BCUT2D eigenvalue weighted by Gasteiger charge is -2.14. The van der Waals surface area contributed by atoms with Crippen molar-refractivity contribution in [3.8, 4) is 17.4 Å². The summed E-state index contributed by atoms with van der Waals surface area (Å²) in [5.74, 6) is 1.80. The number of nitrogens with one attached hydrogen (secondary N) is 2. The van der Waals surface area contributed by atoms with Gasteiger partial charge >= 0.3 is 6.18 Å². The molecule has 2 aromatic rings. The van der Waals surface area contributed by atoms with Crippen molar-refractivity contribution < 1.29 is 27.4 Å². The molecule has 1 aromatic carbocycles. The van der Waals surface area contributed by atoms with Crippen LogP contribution in [0.2, 0.25) is 0 Å². The number of alkyl halides is 3. The molecule has 1 aliphatic rings. The smallest absolute Gasteiger partial charge is 0.422 e. The van der Waals surface area contributed by atoms with E-state index in [4.69, 9.17) is 9.47 Å². The van der Waals surface area contributed by atoms with Crippen LogP contribution < -0.4 is 24.8 Å². The fourth-order valence-electron chi connectivity index (χ4n) is 2.50. The van der Waals surface area contributed by atoms with Gasteiger partial charge in [0, 0.05) is 44.0 Å². The first kappa shape index (κ1) is 20.6. The van der Waals surface area contributed by atoms with Gasteiger partial charge in [0.15, 0.2) is 24.1 Å². The van der Waals surface area contributed by atoms with Gasteiger partial charge in [-0.05, 0) is 17.7 Å². The number of anilines is 1. The van der Waals surface area contributed by atoms with E-state index in [1.807, 2.05) is 18.2 Å². The van der Waals surface area contributed by atoms with Gasteiger partial charge in [-0.15, -0.1) is 0 Å². The second kappa shape index (κ2) is 9.35. The Labute approximate surface area is 165 Å². The molecule has 0 atom stereocenters. The number of pyridine rings is 1. The molecule has 156 valence electrons. The molecule has 1 aromatic heterocycles. The van der Waals surface area contributed by atoms with E-state index in [9.17, 15) is 13.2 Å². The standard InChI is InChI=1S/C19H21F3N4O3/c1-23-18(26-14-4-5-15-16(9-14)28-8-2-7-27-15)25-11-13-3-6-17(24-10-13)29-12-19(20,21)22/h3-6,9-10H,2,7-8,11-12H2,1H3,(H2,23,25,26). The third kappa shape index (κ3) is 6.44. The zero-order valence-corrected chi connectivity index (χ0v) is 15.8. The average molecular weight is 410 g/mol. The number of hydrogen-bond acceptors (Lipinski definition) is 5. The number of benzene rings is 1. The van der Waals surface area contributed by atoms with Crippen molar-refractivity contribution >= 4 is 11.6 Å². The molecule has 1 aliphatic heterocycles. The van der Waals surface area contributed by atoms with E-state index >= 15 is 0 Å². The SMILES string of the molecule is CN=C(NCc1ccc(OCC(F)(F)F)nc1)Nc1ccc2c(c1)OCCCO2. The van der Waals surface area contributed by atoms with Crippen molar-refractivity contribution in [1.82, 2.24) is 10.3 Å². The Hall–Kier alpha value is -3.17. The summed E-state index contributed by atoms with van der Waals surface area (Å²) >= 11 is 0. The van der Waals surface area contributed by atoms with Crippen LogP contribution in [-0.2, 0) is 6.54 Å². The van der Waals surface area contributed by atoms with Gasteiger partial charge in [-0.25, -0.2) is 4.98 Å². The lowest BCUT2D eigenvalue weighted by atomic mass is 10.2. The van der Waals surface area contributed by atoms with Gasteiger partial charge in [0.25, 0.3) is 0 Å². The second-order valence-corrected chi connectivity index (χ2v) is 6.17. The number of halogens is 3. The highest BCUT2D eigenvalue weighted by Crippen LogP contribution is 2.32. The van der Waals surface area contributed by atoms with E-state index in [2.05, 4.69) is 25.3 Å². The third-order valence-electron chi connectivity index (χ3n) is 3.88. The number of guanidine groups is 1. The summed E-state index contributed by atoms with van der Waals surface area (Å²) in [7, 11) is 1.63. The topological polar surface area (TPSA) is 77.0 Å². The molecule has 0 fully saturated rings. The Bertz CT molecular complexity index is 842. The van der Waals surface area contributed by atoms with Crippen LogP contribution in [-0.4, -0.2) is 44.0 Å². The van der Waals surface area contributed by atoms with Gasteiger partial charge in [-0.1, -0.05) is 6.07 Å². The van der Waals surface area contributed by atoms with Gasteiger partial charge in [-0.3, -0.25) is 4.99 Å². The summed E-state index contributed by atoms with van der Waals surface area (Å²) in [6.45, 7) is 0.219. The minimum Gasteiger partial charge on any atom is -0.490 e. The van der Waals surface area contributed by atoms with Gasteiger partial charge in [0.1, 0.15) is 0 Å². The Kier molecular flexibility index (Phi) is 6.63. The highest BCUT2D eigenvalue weighted by molar-refractivity contribution is 5.93. The number of aromatic nitrogens is 1. The molecule has 0 saturated heterocycles. The van der Waals surface area contributed by atoms with E-state index in [0.717, 1.165) is 17.7 Å². The summed E-state index contributed by atoms with van der Waals surface area (Å²) in [5.41, 5.74) is 1.53. The maximum Gasteiger partial charge on any atom is 0.422 e. The van der Waals surface area contributed by atoms with Crippen molar-refractivity contribution in [2.75, 3.05) is 32.2 Å². The van der Waals surface area contributed by atoms with E-state index in [0.29, 0.717) is 37.2 Å². The molecular weight excluding hydrogens is 389 g/mol. The maximum atomic E-state index is 12.2. The largest absolute Gasteiger partial charge is 0.490 e. The summed E-state index contributed by atoms with van der Waals surface area (Å²) in [6.07, 6.45) is -2.12. The minimum atomic E-state index is -4.40. The first-order chi connectivity index (χ1) is 13.9. The Morgan fingerprint density at radius 1 is 1.17 bits per heavy atom. The number of rotatable bonds is 5. The summed E-state index contributed by atoms with van der Waals surface area (Å²) in [4.78, 5) is 8.03. The normalized spacial score (nSPS) is 14.1. The molecule has 10 heteroatoms. The van der Waals surface area contributed by atoms with E-state index in [1.165, 1.54) is 12.3 Å². The lowest BCUT2D eigenvalue weighted by molar-refractivity contribution is -0.154. The van der Waals surface area contributed by atoms with Crippen molar-refractivity contribution in [3.63, 3.8) is 0 Å². The van der Waals surface area contributed by atoms with E-state index < -0.39 is 12.8 Å². The molecule has 0 bridgehead atoms. The van der Waals surface area contributed by atoms with Crippen molar-refractivity contribution in [3.05, 3.63) is 42.1 Å². The Balaban J connectivity index is 1.53. The molecule has 7 nitrogen and oxygen atoms in total. The van der Waals surface area contributed by atoms with Gasteiger partial charge in [-0.2, -0.15) is 13.2 Å². The van der Waals surface area contributed by atoms with Gasteiger partial charge in [0.05, 0.1) is 13.2 Å². The fourth-order valence-corrected chi connectivity index (χ4v) is 2.50. The quantitative estimate of drug-likeness (QED) is 0.582. The molecule has 0 saturated carbocycles. The van der Waals surface area contributed by atoms with Crippen LogP contribution >= 0.6 is 0 Å². The number of ether oxygens (including phenoxy) is 3. The molecule has 29 heavy (non-hydrogen) atoms. The molecule has 0 unspecified atom stereocenters. The predicted molar refractivity (Wildman–Crippen MR) is 102 cm³/mol. The molecule has 0 spiro atoms.